The zero-order valence-electron chi connectivity index (χ0n) is 17.2. The Balaban J connectivity index is 1.38. The highest BCUT2D eigenvalue weighted by Gasteiger charge is 2.14. The molecule has 2 aromatic carbocycles. The number of nitrogen functional groups attached to an aromatic ring is 1. The molecule has 0 atom stereocenters. The fourth-order valence-electron chi connectivity index (χ4n) is 3.99. The zero-order chi connectivity index (χ0) is 21.2. The summed E-state index contributed by atoms with van der Waals surface area (Å²) in [5, 5.41) is 6.39. The number of aromatic nitrogens is 1. The molecule has 2 aromatic heterocycles. The van der Waals surface area contributed by atoms with Gasteiger partial charge in [-0.15, -0.1) is 11.3 Å². The largest absolute Gasteiger partial charge is 0.398 e. The first-order valence-electron chi connectivity index (χ1n) is 10.5. The number of hydrogen-bond donors (Lipinski definition) is 2. The summed E-state index contributed by atoms with van der Waals surface area (Å²) in [5.41, 5.74) is 10.4. The summed E-state index contributed by atoms with van der Waals surface area (Å²) in [6.45, 7) is 3.87. The Labute approximate surface area is 185 Å². The van der Waals surface area contributed by atoms with E-state index in [1.165, 1.54) is 4.88 Å². The SMILES string of the molecule is Nc1ccc(-c2cccs2)cc1CC(=O)c1ccc2nc(N3CCNCC3)ccc2c1. The van der Waals surface area contributed by atoms with Crippen molar-refractivity contribution in [3.05, 3.63) is 77.2 Å². The number of benzene rings is 2. The van der Waals surface area contributed by atoms with E-state index in [0.717, 1.165) is 54.0 Å². The van der Waals surface area contributed by atoms with Gasteiger partial charge in [0, 0.05) is 54.1 Å². The van der Waals surface area contributed by atoms with Gasteiger partial charge in [-0.1, -0.05) is 12.1 Å². The molecule has 0 bridgehead atoms. The number of hydrogen-bond acceptors (Lipinski definition) is 6. The van der Waals surface area contributed by atoms with Crippen LogP contribution in [0.2, 0.25) is 0 Å². The highest BCUT2D eigenvalue weighted by Crippen LogP contribution is 2.28. The minimum absolute atomic E-state index is 0.0584. The number of nitrogens with two attached hydrogens (primary N) is 1. The van der Waals surface area contributed by atoms with Gasteiger partial charge in [0.25, 0.3) is 0 Å². The summed E-state index contributed by atoms with van der Waals surface area (Å²) >= 11 is 1.68. The van der Waals surface area contributed by atoms with Crippen molar-refractivity contribution in [3.8, 4) is 10.4 Å². The number of pyridine rings is 1. The number of Topliss-reactive ketones (excluding diaryl/α,β-unsaturated/α-hetero) is 1. The van der Waals surface area contributed by atoms with Crippen LogP contribution in [0.5, 0.6) is 0 Å². The van der Waals surface area contributed by atoms with E-state index in [2.05, 4.69) is 22.3 Å². The molecule has 156 valence electrons. The van der Waals surface area contributed by atoms with Crippen molar-refractivity contribution < 1.29 is 4.79 Å². The third-order valence-corrected chi connectivity index (χ3v) is 6.66. The Bertz CT molecular complexity index is 1230. The van der Waals surface area contributed by atoms with E-state index < -0.39 is 0 Å². The van der Waals surface area contributed by atoms with E-state index >= 15 is 0 Å². The van der Waals surface area contributed by atoms with Crippen LogP contribution in [-0.4, -0.2) is 36.9 Å². The van der Waals surface area contributed by atoms with Crippen LogP contribution < -0.4 is 16.0 Å². The summed E-state index contributed by atoms with van der Waals surface area (Å²) in [6.07, 6.45) is 0.281. The summed E-state index contributed by atoms with van der Waals surface area (Å²) in [7, 11) is 0. The van der Waals surface area contributed by atoms with Gasteiger partial charge in [0.05, 0.1) is 5.52 Å². The maximum absolute atomic E-state index is 13.0. The van der Waals surface area contributed by atoms with Crippen molar-refractivity contribution >= 4 is 39.5 Å². The molecule has 4 aromatic rings. The number of ketones is 1. The van der Waals surface area contributed by atoms with E-state index in [0.29, 0.717) is 11.3 Å². The van der Waals surface area contributed by atoms with Crippen LogP contribution in [0.3, 0.4) is 0 Å². The fraction of sp³-hybridized carbons (Fsp3) is 0.200. The molecule has 0 amide bonds. The number of carbonyl (C=O) groups is 1. The van der Waals surface area contributed by atoms with Crippen molar-refractivity contribution in [3.63, 3.8) is 0 Å². The van der Waals surface area contributed by atoms with Gasteiger partial charge < -0.3 is 16.0 Å². The molecule has 0 radical (unpaired) electrons. The van der Waals surface area contributed by atoms with Gasteiger partial charge in [0.1, 0.15) is 5.82 Å². The second-order valence-electron chi connectivity index (χ2n) is 7.80. The molecule has 1 aliphatic heterocycles. The zero-order valence-corrected chi connectivity index (χ0v) is 18.0. The molecule has 31 heavy (non-hydrogen) atoms. The number of thiophene rings is 1. The van der Waals surface area contributed by atoms with E-state index in [1.54, 1.807) is 11.3 Å². The average Bonchev–Trinajstić information content (AvgIpc) is 3.35. The lowest BCUT2D eigenvalue weighted by atomic mass is 9.98. The molecule has 5 nitrogen and oxygen atoms in total. The van der Waals surface area contributed by atoms with E-state index in [9.17, 15) is 4.79 Å². The van der Waals surface area contributed by atoms with Crippen LogP contribution in [0.4, 0.5) is 11.5 Å². The molecule has 1 saturated heterocycles. The van der Waals surface area contributed by atoms with E-state index in [4.69, 9.17) is 10.7 Å². The monoisotopic (exact) mass is 428 g/mol. The summed E-state index contributed by atoms with van der Waals surface area (Å²) < 4.78 is 0. The molecule has 3 heterocycles. The Morgan fingerprint density at radius 1 is 1.06 bits per heavy atom. The molecule has 6 heteroatoms. The van der Waals surface area contributed by atoms with Crippen LogP contribution in [-0.2, 0) is 6.42 Å². The van der Waals surface area contributed by atoms with Gasteiger partial charge in [0.2, 0.25) is 0 Å². The molecule has 0 aliphatic carbocycles. The number of carbonyl (C=O) groups excluding carboxylic acids is 1. The molecule has 0 saturated carbocycles. The number of nitrogens with one attached hydrogen (secondary N) is 1. The fourth-order valence-corrected chi connectivity index (χ4v) is 4.71. The molecule has 0 spiro atoms. The Kier molecular flexibility index (Phi) is 5.40. The van der Waals surface area contributed by atoms with Crippen LogP contribution in [0, 0.1) is 0 Å². The number of anilines is 2. The minimum Gasteiger partial charge on any atom is -0.398 e. The average molecular weight is 429 g/mol. The molecular formula is C25H24N4OS. The van der Waals surface area contributed by atoms with Crippen LogP contribution >= 0.6 is 11.3 Å². The topological polar surface area (TPSA) is 71.2 Å². The third-order valence-electron chi connectivity index (χ3n) is 5.74. The van der Waals surface area contributed by atoms with Crippen LogP contribution in [0.25, 0.3) is 21.3 Å². The standard InChI is InChI=1S/C25H24N4OS/c26-21-6-3-19(24-2-1-13-31-24)15-20(21)16-23(30)18-4-7-22-17(14-18)5-8-25(28-22)29-11-9-27-10-12-29/h1-8,13-15,27H,9-12,16,26H2. The molecule has 1 fully saturated rings. The molecule has 3 N–H and O–H groups in total. The normalized spacial score (nSPS) is 14.1. The first kappa shape index (κ1) is 19.7. The van der Waals surface area contributed by atoms with Gasteiger partial charge in [-0.3, -0.25) is 4.79 Å². The second kappa shape index (κ2) is 8.49. The summed E-state index contributed by atoms with van der Waals surface area (Å²) in [4.78, 5) is 21.3. The van der Waals surface area contributed by atoms with Crippen molar-refractivity contribution in [2.45, 2.75) is 6.42 Å². The smallest absolute Gasteiger partial charge is 0.167 e. The first-order valence-corrected chi connectivity index (χ1v) is 11.4. The minimum atomic E-state index is 0.0584. The number of piperazine rings is 1. The molecule has 0 unspecified atom stereocenters. The van der Waals surface area contributed by atoms with Crippen LogP contribution in [0.1, 0.15) is 15.9 Å². The van der Waals surface area contributed by atoms with Gasteiger partial charge in [-0.25, -0.2) is 4.98 Å². The molecule has 1 aliphatic rings. The highest BCUT2D eigenvalue weighted by molar-refractivity contribution is 7.13. The van der Waals surface area contributed by atoms with Crippen LogP contribution in [0.15, 0.2) is 66.0 Å². The van der Waals surface area contributed by atoms with E-state index in [1.807, 2.05) is 53.9 Å². The van der Waals surface area contributed by atoms with Gasteiger partial charge in [-0.2, -0.15) is 0 Å². The van der Waals surface area contributed by atoms with Crippen molar-refractivity contribution in [2.75, 3.05) is 36.8 Å². The lowest BCUT2D eigenvalue weighted by Crippen LogP contribution is -2.43. The predicted octanol–water partition coefficient (Wildman–Crippen LogP) is 4.38. The summed E-state index contributed by atoms with van der Waals surface area (Å²) in [5.74, 6) is 1.05. The summed E-state index contributed by atoms with van der Waals surface area (Å²) in [6, 6.07) is 19.9. The van der Waals surface area contributed by atoms with Gasteiger partial charge >= 0.3 is 0 Å². The lowest BCUT2D eigenvalue weighted by Gasteiger charge is -2.28. The van der Waals surface area contributed by atoms with Crippen molar-refractivity contribution in [2.24, 2.45) is 0 Å². The number of nitrogens with zero attached hydrogens (tertiary/aromatic N) is 2. The highest BCUT2D eigenvalue weighted by atomic mass is 32.1. The molecular weight excluding hydrogens is 404 g/mol. The van der Waals surface area contributed by atoms with E-state index in [-0.39, 0.29) is 12.2 Å². The Morgan fingerprint density at radius 2 is 1.94 bits per heavy atom. The number of rotatable bonds is 5. The van der Waals surface area contributed by atoms with Gasteiger partial charge in [0.15, 0.2) is 5.78 Å². The Hall–Kier alpha value is -3.22. The predicted molar refractivity (Wildman–Crippen MR) is 129 cm³/mol. The third kappa shape index (κ3) is 4.17. The van der Waals surface area contributed by atoms with Crippen molar-refractivity contribution in [1.29, 1.82) is 0 Å². The maximum atomic E-state index is 13.0. The maximum Gasteiger partial charge on any atom is 0.167 e. The quantitative estimate of drug-likeness (QED) is 0.365. The molecule has 5 rings (SSSR count). The van der Waals surface area contributed by atoms with Gasteiger partial charge in [-0.05, 0) is 65.0 Å². The Morgan fingerprint density at radius 3 is 2.74 bits per heavy atom. The van der Waals surface area contributed by atoms with Crippen molar-refractivity contribution in [1.82, 2.24) is 10.3 Å². The lowest BCUT2D eigenvalue weighted by molar-refractivity contribution is 0.0993. The second-order valence-corrected chi connectivity index (χ2v) is 8.75. The number of fused-ring (bicyclic) bond motifs is 1. The first-order chi connectivity index (χ1) is 15.2.